The summed E-state index contributed by atoms with van der Waals surface area (Å²) < 4.78 is 10.4. The molecule has 2 aromatic rings. The molecule has 0 spiro atoms. The lowest BCUT2D eigenvalue weighted by Crippen LogP contribution is -2.26. The molecule has 0 radical (unpaired) electrons. The Bertz CT molecular complexity index is 546. The van der Waals surface area contributed by atoms with E-state index >= 15 is 0 Å². The number of methoxy groups -OCH3 is 2. The molecule has 5 nitrogen and oxygen atoms in total. The van der Waals surface area contributed by atoms with E-state index in [1.165, 1.54) is 0 Å². The molecule has 100 valence electrons. The van der Waals surface area contributed by atoms with Crippen LogP contribution in [0.15, 0.2) is 48.5 Å². The average Bonchev–Trinajstić information content (AvgIpc) is 2.47. The number of rotatable bonds is 5. The highest BCUT2D eigenvalue weighted by Crippen LogP contribution is 2.29. The normalized spacial score (nSPS) is 9.84. The topological polar surface area (TPSA) is 54.0 Å². The fourth-order valence-corrected chi connectivity index (χ4v) is 1.72. The summed E-state index contributed by atoms with van der Waals surface area (Å²) >= 11 is 0. The summed E-state index contributed by atoms with van der Waals surface area (Å²) in [4.78, 5) is 0. The van der Waals surface area contributed by atoms with Gasteiger partial charge in [-0.05, 0) is 24.3 Å². The van der Waals surface area contributed by atoms with Crippen molar-refractivity contribution in [1.29, 1.82) is 0 Å². The molecule has 0 unspecified atom stereocenters. The Kier molecular flexibility index (Phi) is 4.10. The first-order valence-electron chi connectivity index (χ1n) is 5.78. The fraction of sp³-hybridized carbons (Fsp3) is 0.143. The van der Waals surface area contributed by atoms with E-state index in [0.717, 1.165) is 5.17 Å². The van der Waals surface area contributed by atoms with Gasteiger partial charge in [-0.15, -0.1) is 0 Å². The molecule has 0 aromatic heterocycles. The van der Waals surface area contributed by atoms with Crippen LogP contribution >= 0.6 is 0 Å². The third-order valence-corrected chi connectivity index (χ3v) is 2.65. The number of para-hydroxylation sites is 4. The maximum absolute atomic E-state index is 10.1. The lowest BCUT2D eigenvalue weighted by molar-refractivity contribution is 0.271. The minimum absolute atomic E-state index is 0.510. The highest BCUT2D eigenvalue weighted by Gasteiger charge is 2.11. The van der Waals surface area contributed by atoms with E-state index in [2.05, 4.69) is 5.43 Å². The Morgan fingerprint density at radius 3 is 2.16 bits per heavy atom. The van der Waals surface area contributed by atoms with Crippen molar-refractivity contribution in [3.05, 3.63) is 48.5 Å². The Morgan fingerprint density at radius 2 is 1.47 bits per heavy atom. The number of benzene rings is 2. The number of nitrogens with zero attached hydrogens (tertiary/aromatic N) is 1. The van der Waals surface area contributed by atoms with Gasteiger partial charge in [0.15, 0.2) is 0 Å². The maximum atomic E-state index is 10.1. The zero-order valence-electron chi connectivity index (χ0n) is 10.8. The van der Waals surface area contributed by atoms with Gasteiger partial charge in [0.1, 0.15) is 17.2 Å². The van der Waals surface area contributed by atoms with Crippen LogP contribution in [0.25, 0.3) is 0 Å². The highest BCUT2D eigenvalue weighted by atomic mass is 16.5. The molecule has 0 atom stereocenters. The van der Waals surface area contributed by atoms with Crippen LogP contribution in [0.3, 0.4) is 0 Å². The van der Waals surface area contributed by atoms with Gasteiger partial charge in [-0.3, -0.25) is 10.6 Å². The van der Waals surface area contributed by atoms with E-state index in [9.17, 15) is 5.21 Å². The van der Waals surface area contributed by atoms with Gasteiger partial charge >= 0.3 is 0 Å². The van der Waals surface area contributed by atoms with Crippen molar-refractivity contribution in [2.45, 2.75) is 0 Å². The van der Waals surface area contributed by atoms with Crippen LogP contribution in [-0.2, 0) is 0 Å². The molecule has 0 fully saturated rings. The summed E-state index contributed by atoms with van der Waals surface area (Å²) in [5, 5.41) is 11.0. The van der Waals surface area contributed by atoms with Gasteiger partial charge in [0, 0.05) is 0 Å². The molecule has 0 aliphatic heterocycles. The average molecular weight is 260 g/mol. The van der Waals surface area contributed by atoms with E-state index in [1.54, 1.807) is 38.5 Å². The highest BCUT2D eigenvalue weighted by molar-refractivity contribution is 5.64. The van der Waals surface area contributed by atoms with Gasteiger partial charge in [-0.25, -0.2) is 0 Å². The molecule has 5 heteroatoms. The van der Waals surface area contributed by atoms with Crippen LogP contribution in [0.4, 0.5) is 11.4 Å². The van der Waals surface area contributed by atoms with Crippen LogP contribution in [0.5, 0.6) is 11.5 Å². The van der Waals surface area contributed by atoms with Crippen molar-refractivity contribution in [3.8, 4) is 11.5 Å². The number of hydrogen-bond acceptors (Lipinski definition) is 5. The second-order valence-electron chi connectivity index (χ2n) is 3.80. The number of hydrazine groups is 1. The quantitative estimate of drug-likeness (QED) is 0.809. The van der Waals surface area contributed by atoms with Crippen molar-refractivity contribution in [2.24, 2.45) is 0 Å². The molecular formula is C14H16N2O3. The summed E-state index contributed by atoms with van der Waals surface area (Å²) in [6.07, 6.45) is 0. The lowest BCUT2D eigenvalue weighted by Gasteiger charge is -2.22. The Hall–Kier alpha value is -2.40. The minimum atomic E-state index is 0.510. The Labute approximate surface area is 111 Å². The van der Waals surface area contributed by atoms with Gasteiger partial charge in [0.05, 0.1) is 19.9 Å². The maximum Gasteiger partial charge on any atom is 0.146 e. The zero-order valence-corrected chi connectivity index (χ0v) is 10.8. The molecule has 0 saturated heterocycles. The smallest absolute Gasteiger partial charge is 0.146 e. The molecule has 19 heavy (non-hydrogen) atoms. The lowest BCUT2D eigenvalue weighted by atomic mass is 10.3. The summed E-state index contributed by atoms with van der Waals surface area (Å²) in [5.41, 5.74) is 4.00. The molecule has 0 aliphatic carbocycles. The number of ether oxygens (including phenoxy) is 2. The van der Waals surface area contributed by atoms with Crippen LogP contribution in [-0.4, -0.2) is 19.4 Å². The van der Waals surface area contributed by atoms with Crippen molar-refractivity contribution in [2.75, 3.05) is 24.8 Å². The van der Waals surface area contributed by atoms with Gasteiger partial charge < -0.3 is 9.47 Å². The van der Waals surface area contributed by atoms with Crippen LogP contribution < -0.4 is 20.1 Å². The summed E-state index contributed by atoms with van der Waals surface area (Å²) in [7, 11) is 3.13. The van der Waals surface area contributed by atoms with Crippen molar-refractivity contribution >= 4 is 11.4 Å². The molecule has 0 bridgehead atoms. The molecule has 0 amide bonds. The second kappa shape index (κ2) is 5.97. The standard InChI is InChI=1S/C14H16N2O3/c1-18-13-9-5-3-7-11(13)15-16(17)12-8-4-6-10-14(12)19-2/h3-10,15,17H,1-2H3. The molecule has 0 saturated carbocycles. The summed E-state index contributed by atoms with van der Waals surface area (Å²) in [5.74, 6) is 1.20. The molecule has 0 heterocycles. The minimum Gasteiger partial charge on any atom is -0.495 e. The van der Waals surface area contributed by atoms with Crippen LogP contribution in [0.1, 0.15) is 0 Å². The number of hydrogen-bond donors (Lipinski definition) is 2. The first-order valence-corrected chi connectivity index (χ1v) is 5.78. The van der Waals surface area contributed by atoms with Gasteiger partial charge in [0.2, 0.25) is 0 Å². The van der Waals surface area contributed by atoms with Crippen molar-refractivity contribution in [3.63, 3.8) is 0 Å². The SMILES string of the molecule is COc1ccccc1NN(O)c1ccccc1OC. The van der Waals surface area contributed by atoms with E-state index in [1.807, 2.05) is 24.3 Å². The van der Waals surface area contributed by atoms with E-state index in [0.29, 0.717) is 22.9 Å². The first-order chi connectivity index (χ1) is 9.26. The molecule has 2 N–H and O–H groups in total. The predicted molar refractivity (Wildman–Crippen MR) is 73.9 cm³/mol. The molecule has 2 rings (SSSR count). The van der Waals surface area contributed by atoms with Crippen molar-refractivity contribution < 1.29 is 14.7 Å². The zero-order chi connectivity index (χ0) is 13.7. The van der Waals surface area contributed by atoms with Gasteiger partial charge in [0.25, 0.3) is 0 Å². The number of nitrogens with one attached hydrogen (secondary N) is 1. The van der Waals surface area contributed by atoms with Crippen LogP contribution in [0, 0.1) is 0 Å². The fourth-order valence-electron chi connectivity index (χ4n) is 1.72. The van der Waals surface area contributed by atoms with E-state index in [4.69, 9.17) is 9.47 Å². The van der Waals surface area contributed by atoms with E-state index in [-0.39, 0.29) is 0 Å². The Balaban J connectivity index is 2.23. The summed E-state index contributed by atoms with van der Waals surface area (Å²) in [6.45, 7) is 0. The third kappa shape index (κ3) is 2.89. The van der Waals surface area contributed by atoms with Gasteiger partial charge in [-0.1, -0.05) is 24.3 Å². The predicted octanol–water partition coefficient (Wildman–Crippen LogP) is 2.93. The van der Waals surface area contributed by atoms with Gasteiger partial charge in [-0.2, -0.15) is 5.17 Å². The monoisotopic (exact) mass is 260 g/mol. The molecular weight excluding hydrogens is 244 g/mol. The Morgan fingerprint density at radius 1 is 0.895 bits per heavy atom. The van der Waals surface area contributed by atoms with Crippen LogP contribution in [0.2, 0.25) is 0 Å². The van der Waals surface area contributed by atoms with E-state index < -0.39 is 0 Å². The molecule has 2 aromatic carbocycles. The molecule has 0 aliphatic rings. The summed E-state index contributed by atoms with van der Waals surface area (Å²) in [6, 6.07) is 14.5. The number of anilines is 2. The second-order valence-corrected chi connectivity index (χ2v) is 3.80. The first kappa shape index (κ1) is 13.0. The van der Waals surface area contributed by atoms with Crippen molar-refractivity contribution in [1.82, 2.24) is 0 Å². The third-order valence-electron chi connectivity index (χ3n) is 2.65. The largest absolute Gasteiger partial charge is 0.495 e.